The molecule has 0 atom stereocenters. The van der Waals surface area contributed by atoms with Gasteiger partial charge in [0.1, 0.15) is 0 Å². The van der Waals surface area contributed by atoms with E-state index in [9.17, 15) is 0 Å². The smallest absolute Gasteiger partial charge is 0.304 e. The van der Waals surface area contributed by atoms with Gasteiger partial charge in [-0.1, -0.05) is 18.2 Å². The molecule has 2 rings (SSSR count). The number of amidine groups is 1. The third-order valence-electron chi connectivity index (χ3n) is 2.36. The van der Waals surface area contributed by atoms with Crippen molar-refractivity contribution in [2.45, 2.75) is 18.7 Å². The Bertz CT molecular complexity index is 569. The summed E-state index contributed by atoms with van der Waals surface area (Å²) >= 11 is 1.38. The number of nitrogens with zero attached hydrogens (tertiary/aromatic N) is 1. The van der Waals surface area contributed by atoms with Crippen LogP contribution in [-0.2, 0) is 0 Å². The van der Waals surface area contributed by atoms with Crippen molar-refractivity contribution in [1.29, 1.82) is 0 Å². The van der Waals surface area contributed by atoms with Gasteiger partial charge in [0.2, 0.25) is 0 Å². The highest BCUT2D eigenvalue weighted by Crippen LogP contribution is 2.28. The molecule has 0 saturated heterocycles. The highest BCUT2D eigenvalue weighted by molar-refractivity contribution is 8.13. The molecule has 0 aliphatic carbocycles. The summed E-state index contributed by atoms with van der Waals surface area (Å²) in [4.78, 5) is 5.60. The molecule has 0 radical (unpaired) electrons. The van der Waals surface area contributed by atoms with Crippen LogP contribution in [0.4, 0.5) is 0 Å². The standard InChI is InChI=1S/C12H13N3S.ClH/c1-7-4-3-5-9-10(16-12(13)14)6-8(2)15-11(7)9;/h3-6H,1-2H3,(H3,13,14);1H. The molecule has 0 amide bonds. The molecule has 5 heteroatoms. The molecule has 0 fully saturated rings. The van der Waals surface area contributed by atoms with Crippen LogP contribution in [0, 0.1) is 13.8 Å². The van der Waals surface area contributed by atoms with Gasteiger partial charge in [-0.2, -0.15) is 0 Å². The summed E-state index contributed by atoms with van der Waals surface area (Å²) in [5.41, 5.74) is 8.70. The SMILES string of the molecule is Cc1cc(SC(N)=[NH2+])c2cccc(C)c2n1.[Cl-]. The Morgan fingerprint density at radius 1 is 1.35 bits per heavy atom. The van der Waals surface area contributed by atoms with Crippen LogP contribution in [-0.4, -0.2) is 10.2 Å². The van der Waals surface area contributed by atoms with Crippen molar-refractivity contribution in [1.82, 2.24) is 4.98 Å². The topological polar surface area (TPSA) is 64.5 Å². The fourth-order valence-corrected chi connectivity index (χ4v) is 2.45. The van der Waals surface area contributed by atoms with Crippen LogP contribution in [0.25, 0.3) is 10.9 Å². The zero-order valence-electron chi connectivity index (χ0n) is 9.70. The minimum absolute atomic E-state index is 0. The Kier molecular flexibility index (Phi) is 4.37. The summed E-state index contributed by atoms with van der Waals surface area (Å²) in [7, 11) is 0. The first-order valence-corrected chi connectivity index (χ1v) is 5.82. The van der Waals surface area contributed by atoms with E-state index in [-0.39, 0.29) is 12.4 Å². The molecule has 1 aromatic carbocycles. The van der Waals surface area contributed by atoms with Gasteiger partial charge in [0, 0.05) is 16.0 Å². The maximum absolute atomic E-state index is 5.54. The average molecular weight is 268 g/mol. The summed E-state index contributed by atoms with van der Waals surface area (Å²) < 4.78 is 0. The lowest BCUT2D eigenvalue weighted by atomic mass is 10.1. The number of nitrogens with two attached hydrogens (primary N) is 2. The van der Waals surface area contributed by atoms with Gasteiger partial charge in [0.05, 0.1) is 5.52 Å². The van der Waals surface area contributed by atoms with E-state index in [1.54, 1.807) is 0 Å². The molecule has 0 bridgehead atoms. The van der Waals surface area contributed by atoms with Crippen LogP contribution in [0.15, 0.2) is 29.2 Å². The van der Waals surface area contributed by atoms with E-state index >= 15 is 0 Å². The third-order valence-corrected chi connectivity index (χ3v) is 3.15. The number of aromatic nitrogens is 1. The lowest BCUT2D eigenvalue weighted by Crippen LogP contribution is -3.00. The summed E-state index contributed by atoms with van der Waals surface area (Å²) in [6, 6.07) is 8.12. The Balaban J connectivity index is 0.00000144. The Morgan fingerprint density at radius 2 is 2.06 bits per heavy atom. The minimum atomic E-state index is 0. The monoisotopic (exact) mass is 267 g/mol. The van der Waals surface area contributed by atoms with Crippen molar-refractivity contribution >= 4 is 27.8 Å². The number of benzene rings is 1. The predicted octanol–water partition coefficient (Wildman–Crippen LogP) is -1.98. The number of rotatable bonds is 1. The Hall–Kier alpha value is -1.26. The van der Waals surface area contributed by atoms with Crippen LogP contribution >= 0.6 is 11.8 Å². The second-order valence-electron chi connectivity index (χ2n) is 3.74. The lowest BCUT2D eigenvalue weighted by molar-refractivity contribution is -0.110. The average Bonchev–Trinajstić information content (AvgIpc) is 2.18. The molecular formula is C12H14ClN3S. The molecular weight excluding hydrogens is 254 g/mol. The lowest BCUT2D eigenvalue weighted by Gasteiger charge is -2.06. The zero-order chi connectivity index (χ0) is 11.7. The van der Waals surface area contributed by atoms with E-state index in [4.69, 9.17) is 11.1 Å². The van der Waals surface area contributed by atoms with Crippen molar-refractivity contribution in [3.8, 4) is 0 Å². The largest absolute Gasteiger partial charge is 1.00 e. The number of hydrogen-bond donors (Lipinski definition) is 2. The molecule has 17 heavy (non-hydrogen) atoms. The van der Waals surface area contributed by atoms with Crippen molar-refractivity contribution in [3.63, 3.8) is 0 Å². The van der Waals surface area contributed by atoms with Gasteiger partial charge < -0.3 is 12.4 Å². The summed E-state index contributed by atoms with van der Waals surface area (Å²) in [6.45, 7) is 4.03. The molecule has 1 aromatic heterocycles. The van der Waals surface area contributed by atoms with Gasteiger partial charge in [-0.05, 0) is 37.2 Å². The fourth-order valence-electron chi connectivity index (χ4n) is 1.69. The summed E-state index contributed by atoms with van der Waals surface area (Å²) in [5.74, 6) is 0. The van der Waals surface area contributed by atoms with Crippen molar-refractivity contribution in [2.24, 2.45) is 5.73 Å². The van der Waals surface area contributed by atoms with Crippen molar-refractivity contribution in [2.75, 3.05) is 0 Å². The van der Waals surface area contributed by atoms with E-state index in [0.29, 0.717) is 5.17 Å². The van der Waals surface area contributed by atoms with E-state index in [0.717, 1.165) is 21.5 Å². The maximum Gasteiger partial charge on any atom is 0.304 e. The molecule has 90 valence electrons. The van der Waals surface area contributed by atoms with Crippen LogP contribution < -0.4 is 23.5 Å². The number of halogens is 1. The molecule has 0 aliphatic rings. The predicted molar refractivity (Wildman–Crippen MR) is 68.2 cm³/mol. The number of pyridine rings is 1. The van der Waals surface area contributed by atoms with Crippen LogP contribution in [0.5, 0.6) is 0 Å². The second-order valence-corrected chi connectivity index (χ2v) is 4.85. The van der Waals surface area contributed by atoms with Crippen LogP contribution in [0.1, 0.15) is 11.3 Å². The molecule has 1 heterocycles. The Labute approximate surface area is 111 Å². The first-order chi connectivity index (χ1) is 7.58. The third kappa shape index (κ3) is 2.90. The van der Waals surface area contributed by atoms with E-state index in [1.165, 1.54) is 17.3 Å². The van der Waals surface area contributed by atoms with Gasteiger partial charge >= 0.3 is 5.17 Å². The number of para-hydroxylation sites is 1. The molecule has 0 unspecified atom stereocenters. The second kappa shape index (κ2) is 5.38. The van der Waals surface area contributed by atoms with Gasteiger partial charge in [-0.3, -0.25) is 16.1 Å². The number of fused-ring (bicyclic) bond motifs is 1. The summed E-state index contributed by atoms with van der Waals surface area (Å²) in [6.07, 6.45) is 0. The highest BCUT2D eigenvalue weighted by atomic mass is 35.5. The first-order valence-electron chi connectivity index (χ1n) is 5.00. The van der Waals surface area contributed by atoms with Crippen molar-refractivity contribution in [3.05, 3.63) is 35.5 Å². The van der Waals surface area contributed by atoms with Crippen LogP contribution in [0.2, 0.25) is 0 Å². The molecule has 2 aromatic rings. The van der Waals surface area contributed by atoms with E-state index in [2.05, 4.69) is 18.0 Å². The number of aryl methyl sites for hydroxylation is 2. The zero-order valence-corrected chi connectivity index (χ0v) is 11.3. The minimum Gasteiger partial charge on any atom is -1.00 e. The van der Waals surface area contributed by atoms with Gasteiger partial charge in [0.15, 0.2) is 0 Å². The van der Waals surface area contributed by atoms with Gasteiger partial charge in [-0.25, -0.2) is 0 Å². The van der Waals surface area contributed by atoms with Gasteiger partial charge in [-0.15, -0.1) is 0 Å². The van der Waals surface area contributed by atoms with E-state index in [1.807, 2.05) is 25.1 Å². The molecule has 0 aliphatic heterocycles. The normalized spacial score (nSPS) is 10.0. The molecule has 4 N–H and O–H groups in total. The first kappa shape index (κ1) is 13.8. The quantitative estimate of drug-likeness (QED) is 0.358. The maximum atomic E-state index is 5.54. The number of thioether (sulfide) groups is 1. The molecule has 0 saturated carbocycles. The van der Waals surface area contributed by atoms with E-state index < -0.39 is 0 Å². The number of hydrogen-bond acceptors (Lipinski definition) is 2. The fraction of sp³-hybridized carbons (Fsp3) is 0.167. The molecule has 0 spiro atoms. The molecule has 3 nitrogen and oxygen atoms in total. The van der Waals surface area contributed by atoms with Crippen LogP contribution in [0.3, 0.4) is 0 Å². The highest BCUT2D eigenvalue weighted by Gasteiger charge is 2.09. The Morgan fingerprint density at radius 3 is 2.71 bits per heavy atom. The van der Waals surface area contributed by atoms with Gasteiger partial charge in [0.25, 0.3) is 0 Å². The van der Waals surface area contributed by atoms with Crippen molar-refractivity contribution < 1.29 is 17.8 Å². The summed E-state index contributed by atoms with van der Waals surface area (Å²) in [5, 5.41) is 7.00.